The first-order valence-corrected chi connectivity index (χ1v) is 11.7. The molecular formula is C24H24N2O6S. The number of benzene rings is 3. The highest BCUT2D eigenvalue weighted by atomic mass is 32.2. The van der Waals surface area contributed by atoms with Gasteiger partial charge in [-0.15, -0.1) is 0 Å². The third-order valence-electron chi connectivity index (χ3n) is 4.47. The largest absolute Gasteiger partial charge is 0.482 e. The van der Waals surface area contributed by atoms with Gasteiger partial charge in [0, 0.05) is 23.9 Å². The van der Waals surface area contributed by atoms with Crippen molar-refractivity contribution in [2.45, 2.75) is 18.4 Å². The van der Waals surface area contributed by atoms with Gasteiger partial charge in [-0.25, -0.2) is 17.9 Å². The first-order chi connectivity index (χ1) is 15.9. The molecule has 0 aliphatic carbocycles. The predicted molar refractivity (Wildman–Crippen MR) is 123 cm³/mol. The van der Waals surface area contributed by atoms with Gasteiger partial charge in [0.05, 0.1) is 11.5 Å². The maximum absolute atomic E-state index is 12.7. The van der Waals surface area contributed by atoms with Crippen molar-refractivity contribution in [2.75, 3.05) is 18.5 Å². The van der Waals surface area contributed by atoms with Gasteiger partial charge in [0.2, 0.25) is 10.0 Å². The zero-order chi connectivity index (χ0) is 23.7. The zero-order valence-electron chi connectivity index (χ0n) is 18.0. The summed E-state index contributed by atoms with van der Waals surface area (Å²) in [6.45, 7) is 1.85. The smallest absolute Gasteiger partial charge is 0.344 e. The van der Waals surface area contributed by atoms with Gasteiger partial charge in [0.1, 0.15) is 5.75 Å². The fourth-order valence-electron chi connectivity index (χ4n) is 2.87. The van der Waals surface area contributed by atoms with Crippen LogP contribution in [0.3, 0.4) is 0 Å². The standard InChI is InChI=1S/C24H24N2O6S/c1-2-31-23(27)17-32-21-12-7-11-20(15-21)26-24(28)19-10-6-13-22(14-19)33(29,30)25-16-18-8-4-3-5-9-18/h3-15,25H,2,16-17H2,1H3,(H,26,28). The third kappa shape index (κ3) is 7.16. The molecule has 1 amide bonds. The number of carbonyl (C=O) groups excluding carboxylic acids is 2. The van der Waals surface area contributed by atoms with Gasteiger partial charge < -0.3 is 14.8 Å². The van der Waals surface area contributed by atoms with Crippen molar-refractivity contribution in [3.8, 4) is 5.75 Å². The molecule has 0 fully saturated rings. The Balaban J connectivity index is 1.66. The Morgan fingerprint density at radius 3 is 2.42 bits per heavy atom. The molecule has 0 atom stereocenters. The first kappa shape index (κ1) is 24.0. The topological polar surface area (TPSA) is 111 Å². The van der Waals surface area contributed by atoms with Crippen LogP contribution < -0.4 is 14.8 Å². The van der Waals surface area contributed by atoms with Gasteiger partial charge >= 0.3 is 5.97 Å². The lowest BCUT2D eigenvalue weighted by atomic mass is 10.2. The quantitative estimate of drug-likeness (QED) is 0.442. The molecule has 0 radical (unpaired) electrons. The second-order valence-corrected chi connectivity index (χ2v) is 8.68. The molecule has 3 aromatic carbocycles. The van der Waals surface area contributed by atoms with Gasteiger partial charge in [-0.05, 0) is 42.8 Å². The highest BCUT2D eigenvalue weighted by molar-refractivity contribution is 7.89. The molecule has 0 aliphatic rings. The maximum atomic E-state index is 12.7. The van der Waals surface area contributed by atoms with E-state index in [1.165, 1.54) is 24.3 Å². The van der Waals surface area contributed by atoms with Crippen LogP contribution >= 0.6 is 0 Å². The van der Waals surface area contributed by atoms with Crippen molar-refractivity contribution in [2.24, 2.45) is 0 Å². The van der Waals surface area contributed by atoms with E-state index < -0.39 is 21.9 Å². The number of carbonyl (C=O) groups is 2. The molecule has 3 rings (SSSR count). The molecule has 0 spiro atoms. The van der Waals surface area contributed by atoms with Crippen LogP contribution in [-0.2, 0) is 26.1 Å². The summed E-state index contributed by atoms with van der Waals surface area (Å²) < 4.78 is 38.0. The Hall–Kier alpha value is -3.69. The minimum Gasteiger partial charge on any atom is -0.482 e. The lowest BCUT2D eigenvalue weighted by Gasteiger charge is -2.10. The number of anilines is 1. The lowest BCUT2D eigenvalue weighted by molar-refractivity contribution is -0.145. The maximum Gasteiger partial charge on any atom is 0.344 e. The van der Waals surface area contributed by atoms with Crippen molar-refractivity contribution in [1.82, 2.24) is 4.72 Å². The molecule has 172 valence electrons. The molecule has 0 saturated carbocycles. The molecule has 0 saturated heterocycles. The van der Waals surface area contributed by atoms with Crippen molar-refractivity contribution in [1.29, 1.82) is 0 Å². The van der Waals surface area contributed by atoms with Gasteiger partial charge in [0.15, 0.2) is 6.61 Å². The average molecular weight is 469 g/mol. The van der Waals surface area contributed by atoms with Crippen LogP contribution in [-0.4, -0.2) is 33.5 Å². The van der Waals surface area contributed by atoms with E-state index in [2.05, 4.69) is 10.0 Å². The molecule has 0 heterocycles. The summed E-state index contributed by atoms with van der Waals surface area (Å²) in [5.41, 5.74) is 1.42. The van der Waals surface area contributed by atoms with E-state index in [9.17, 15) is 18.0 Å². The van der Waals surface area contributed by atoms with Crippen LogP contribution in [0.4, 0.5) is 5.69 Å². The van der Waals surface area contributed by atoms with Gasteiger partial charge in [-0.1, -0.05) is 42.5 Å². The Morgan fingerprint density at radius 1 is 0.909 bits per heavy atom. The van der Waals surface area contributed by atoms with Crippen LogP contribution in [0.15, 0.2) is 83.8 Å². The van der Waals surface area contributed by atoms with Crippen LogP contribution in [0.25, 0.3) is 0 Å². The normalized spacial score (nSPS) is 10.9. The first-order valence-electron chi connectivity index (χ1n) is 10.2. The fourth-order valence-corrected chi connectivity index (χ4v) is 3.94. The van der Waals surface area contributed by atoms with E-state index in [1.54, 1.807) is 31.2 Å². The molecule has 0 unspecified atom stereocenters. The molecule has 0 aromatic heterocycles. The van der Waals surface area contributed by atoms with Crippen molar-refractivity contribution in [3.63, 3.8) is 0 Å². The predicted octanol–water partition coefficient (Wildman–Crippen LogP) is 3.36. The van der Waals surface area contributed by atoms with E-state index in [1.807, 2.05) is 30.3 Å². The summed E-state index contributed by atoms with van der Waals surface area (Å²) in [4.78, 5) is 24.1. The van der Waals surface area contributed by atoms with E-state index in [4.69, 9.17) is 9.47 Å². The number of ether oxygens (including phenoxy) is 2. The van der Waals surface area contributed by atoms with Crippen LogP contribution in [0.5, 0.6) is 5.75 Å². The molecule has 0 aliphatic heterocycles. The van der Waals surface area contributed by atoms with E-state index in [-0.39, 0.29) is 30.2 Å². The number of hydrogen-bond donors (Lipinski definition) is 2. The SMILES string of the molecule is CCOC(=O)COc1cccc(NC(=O)c2cccc(S(=O)(=O)NCc3ccccc3)c2)c1. The summed E-state index contributed by atoms with van der Waals surface area (Å²) in [6.07, 6.45) is 0. The fraction of sp³-hybridized carbons (Fsp3) is 0.167. The van der Waals surface area contributed by atoms with Gasteiger partial charge in [-0.3, -0.25) is 4.79 Å². The minimum absolute atomic E-state index is 0.0161. The molecule has 8 nitrogen and oxygen atoms in total. The number of amides is 1. The average Bonchev–Trinajstić information content (AvgIpc) is 2.83. The minimum atomic E-state index is -3.81. The van der Waals surface area contributed by atoms with Crippen molar-refractivity contribution in [3.05, 3.63) is 90.0 Å². The molecule has 0 bridgehead atoms. The molecular weight excluding hydrogens is 444 g/mol. The summed E-state index contributed by atoms with van der Waals surface area (Å²) in [7, 11) is -3.81. The second-order valence-electron chi connectivity index (χ2n) is 6.91. The summed E-state index contributed by atoms with van der Waals surface area (Å²) >= 11 is 0. The van der Waals surface area contributed by atoms with Gasteiger partial charge in [0.25, 0.3) is 5.91 Å². The highest BCUT2D eigenvalue weighted by Crippen LogP contribution is 2.19. The number of hydrogen-bond acceptors (Lipinski definition) is 6. The third-order valence-corrected chi connectivity index (χ3v) is 5.87. The summed E-state index contributed by atoms with van der Waals surface area (Å²) in [5.74, 6) is -0.606. The molecule has 33 heavy (non-hydrogen) atoms. The van der Waals surface area contributed by atoms with Crippen molar-refractivity contribution >= 4 is 27.6 Å². The van der Waals surface area contributed by atoms with Crippen LogP contribution in [0, 0.1) is 0 Å². The Labute approximate surface area is 192 Å². The van der Waals surface area contributed by atoms with E-state index in [0.717, 1.165) is 5.56 Å². The molecule has 2 N–H and O–H groups in total. The molecule has 3 aromatic rings. The van der Waals surface area contributed by atoms with E-state index in [0.29, 0.717) is 11.4 Å². The highest BCUT2D eigenvalue weighted by Gasteiger charge is 2.16. The zero-order valence-corrected chi connectivity index (χ0v) is 18.8. The van der Waals surface area contributed by atoms with Crippen LogP contribution in [0.2, 0.25) is 0 Å². The number of sulfonamides is 1. The Bertz CT molecular complexity index is 1210. The summed E-state index contributed by atoms with van der Waals surface area (Å²) in [6, 6.07) is 21.4. The number of rotatable bonds is 10. The Morgan fingerprint density at radius 2 is 1.67 bits per heavy atom. The monoisotopic (exact) mass is 468 g/mol. The summed E-state index contributed by atoms with van der Waals surface area (Å²) in [5, 5.41) is 2.70. The van der Waals surface area contributed by atoms with Crippen LogP contribution in [0.1, 0.15) is 22.8 Å². The lowest BCUT2D eigenvalue weighted by Crippen LogP contribution is -2.23. The van der Waals surface area contributed by atoms with Crippen molar-refractivity contribution < 1.29 is 27.5 Å². The second kappa shape index (κ2) is 11.3. The molecule has 9 heteroatoms. The number of esters is 1. The Kier molecular flexibility index (Phi) is 8.17. The van der Waals surface area contributed by atoms with Gasteiger partial charge in [-0.2, -0.15) is 0 Å². The number of nitrogens with one attached hydrogen (secondary N) is 2. The van der Waals surface area contributed by atoms with E-state index >= 15 is 0 Å².